The van der Waals surface area contributed by atoms with E-state index in [4.69, 9.17) is 13.9 Å². The number of aryl methyl sites for hydroxylation is 1. The normalized spacial score (nSPS) is 12.0. The quantitative estimate of drug-likeness (QED) is 0.217. The van der Waals surface area contributed by atoms with Crippen LogP contribution in [0, 0.1) is 6.92 Å². The maximum atomic E-state index is 13.8. The molecule has 3 aromatic carbocycles. The number of ether oxygens (including phenoxy) is 2. The standard InChI is InChI=1S/C28H23F3O5/c1-16-5-7-17(8-6-16)26(33)35-20-13-14-21-22(15-20)36-25(28(29,30)31)24(23(21)32)34-19-11-9-18(10-12-19)27(2,3)4/h5-15H,1-4H3. The smallest absolute Gasteiger partial charge is 0.449 e. The summed E-state index contributed by atoms with van der Waals surface area (Å²) in [7, 11) is 0. The molecule has 0 atom stereocenters. The topological polar surface area (TPSA) is 65.7 Å². The van der Waals surface area contributed by atoms with Crippen molar-refractivity contribution in [2.45, 2.75) is 39.3 Å². The third kappa shape index (κ3) is 5.27. The molecule has 1 heterocycles. The number of esters is 1. The Labute approximate surface area is 205 Å². The highest BCUT2D eigenvalue weighted by Crippen LogP contribution is 2.39. The van der Waals surface area contributed by atoms with Gasteiger partial charge in [0.1, 0.15) is 17.1 Å². The predicted octanol–water partition coefficient (Wildman–Crippen LogP) is 7.43. The van der Waals surface area contributed by atoms with Gasteiger partial charge in [0.15, 0.2) is 0 Å². The third-order valence-electron chi connectivity index (χ3n) is 5.52. The molecule has 0 fully saturated rings. The molecular formula is C28H23F3O5. The van der Waals surface area contributed by atoms with Gasteiger partial charge < -0.3 is 13.9 Å². The van der Waals surface area contributed by atoms with E-state index in [1.165, 1.54) is 24.3 Å². The first-order valence-electron chi connectivity index (χ1n) is 11.1. The van der Waals surface area contributed by atoms with E-state index in [-0.39, 0.29) is 27.9 Å². The number of carbonyl (C=O) groups is 1. The maximum absolute atomic E-state index is 13.8. The summed E-state index contributed by atoms with van der Waals surface area (Å²) in [5.74, 6) is -3.27. The molecule has 0 amide bonds. The second kappa shape index (κ2) is 9.18. The number of rotatable bonds is 4. The number of halogens is 3. The van der Waals surface area contributed by atoms with Crippen molar-refractivity contribution in [3.8, 4) is 17.2 Å². The lowest BCUT2D eigenvalue weighted by Crippen LogP contribution is -2.16. The first-order chi connectivity index (χ1) is 16.8. The first kappa shape index (κ1) is 25.0. The molecule has 8 heteroatoms. The minimum absolute atomic E-state index is 0.0591. The molecule has 4 rings (SSSR count). The summed E-state index contributed by atoms with van der Waals surface area (Å²) < 4.78 is 57.3. The van der Waals surface area contributed by atoms with Crippen LogP contribution in [0.2, 0.25) is 0 Å². The number of benzene rings is 3. The second-order valence-corrected chi connectivity index (χ2v) is 9.38. The van der Waals surface area contributed by atoms with Gasteiger partial charge in [-0.2, -0.15) is 13.2 Å². The van der Waals surface area contributed by atoms with Crippen LogP contribution < -0.4 is 14.9 Å². The Balaban J connectivity index is 1.71. The van der Waals surface area contributed by atoms with Gasteiger partial charge >= 0.3 is 12.1 Å². The van der Waals surface area contributed by atoms with E-state index in [9.17, 15) is 22.8 Å². The molecule has 0 radical (unpaired) electrons. The van der Waals surface area contributed by atoms with Crippen LogP contribution in [0.1, 0.15) is 48.0 Å². The Morgan fingerprint density at radius 3 is 2.06 bits per heavy atom. The van der Waals surface area contributed by atoms with Crippen molar-refractivity contribution in [3.05, 3.63) is 99.4 Å². The van der Waals surface area contributed by atoms with Gasteiger partial charge in [-0.25, -0.2) is 4.79 Å². The molecule has 0 aliphatic rings. The van der Waals surface area contributed by atoms with E-state index in [1.54, 1.807) is 36.4 Å². The molecular weight excluding hydrogens is 473 g/mol. The Bertz CT molecular complexity index is 1480. The van der Waals surface area contributed by atoms with E-state index in [0.29, 0.717) is 0 Å². The van der Waals surface area contributed by atoms with E-state index < -0.39 is 34.7 Å². The lowest BCUT2D eigenvalue weighted by atomic mass is 9.87. The highest BCUT2D eigenvalue weighted by Gasteiger charge is 2.40. The summed E-state index contributed by atoms with van der Waals surface area (Å²) in [5, 5.41) is -0.153. The van der Waals surface area contributed by atoms with Crippen LogP contribution in [0.4, 0.5) is 13.2 Å². The lowest BCUT2D eigenvalue weighted by molar-refractivity contribution is -0.154. The Morgan fingerprint density at radius 2 is 1.47 bits per heavy atom. The summed E-state index contributed by atoms with van der Waals surface area (Å²) in [6, 6.07) is 16.6. The molecule has 0 bridgehead atoms. The van der Waals surface area contributed by atoms with Crippen LogP contribution in [0.25, 0.3) is 11.0 Å². The average molecular weight is 496 g/mol. The zero-order valence-electron chi connectivity index (χ0n) is 20.0. The first-order valence-corrected chi connectivity index (χ1v) is 11.1. The van der Waals surface area contributed by atoms with Crippen LogP contribution >= 0.6 is 0 Å². The van der Waals surface area contributed by atoms with Gasteiger partial charge in [-0.1, -0.05) is 50.6 Å². The third-order valence-corrected chi connectivity index (χ3v) is 5.52. The van der Waals surface area contributed by atoms with Gasteiger partial charge in [0.25, 0.3) is 5.76 Å². The number of carbonyl (C=O) groups excluding carboxylic acids is 1. The lowest BCUT2D eigenvalue weighted by Gasteiger charge is -2.19. The van der Waals surface area contributed by atoms with Gasteiger partial charge in [0, 0.05) is 6.07 Å². The zero-order chi connectivity index (χ0) is 26.3. The highest BCUT2D eigenvalue weighted by molar-refractivity contribution is 5.91. The summed E-state index contributed by atoms with van der Waals surface area (Å²) in [5.41, 5.74) is 0.598. The van der Waals surface area contributed by atoms with Crippen molar-refractivity contribution < 1.29 is 31.9 Å². The minimum Gasteiger partial charge on any atom is -0.449 e. The molecule has 186 valence electrons. The molecule has 0 unspecified atom stereocenters. The summed E-state index contributed by atoms with van der Waals surface area (Å²) in [4.78, 5) is 25.4. The maximum Gasteiger partial charge on any atom is 0.453 e. The fourth-order valence-corrected chi connectivity index (χ4v) is 3.50. The average Bonchev–Trinajstić information content (AvgIpc) is 2.80. The molecule has 36 heavy (non-hydrogen) atoms. The molecule has 0 N–H and O–H groups in total. The molecule has 0 aliphatic carbocycles. The van der Waals surface area contributed by atoms with Gasteiger partial charge in [-0.15, -0.1) is 0 Å². The van der Waals surface area contributed by atoms with Crippen LogP contribution in [-0.4, -0.2) is 5.97 Å². The summed E-state index contributed by atoms with van der Waals surface area (Å²) in [6.45, 7) is 7.84. The van der Waals surface area contributed by atoms with Crippen LogP contribution in [0.15, 0.2) is 75.9 Å². The largest absolute Gasteiger partial charge is 0.453 e. The fourth-order valence-electron chi connectivity index (χ4n) is 3.50. The summed E-state index contributed by atoms with van der Waals surface area (Å²) in [6.07, 6.45) is -5.01. The van der Waals surface area contributed by atoms with Crippen molar-refractivity contribution in [2.75, 3.05) is 0 Å². The van der Waals surface area contributed by atoms with Crippen LogP contribution in [0.5, 0.6) is 17.2 Å². The van der Waals surface area contributed by atoms with Gasteiger partial charge in [-0.3, -0.25) is 4.79 Å². The number of fused-ring (bicyclic) bond motifs is 1. The zero-order valence-corrected chi connectivity index (χ0v) is 20.0. The molecule has 0 aliphatic heterocycles. The Kier molecular flexibility index (Phi) is 6.39. The molecule has 5 nitrogen and oxygen atoms in total. The number of hydrogen-bond donors (Lipinski definition) is 0. The van der Waals surface area contributed by atoms with Crippen molar-refractivity contribution in [1.82, 2.24) is 0 Å². The number of alkyl halides is 3. The Morgan fingerprint density at radius 1 is 0.861 bits per heavy atom. The van der Waals surface area contributed by atoms with Crippen LogP contribution in [0.3, 0.4) is 0 Å². The van der Waals surface area contributed by atoms with Gasteiger partial charge in [0.05, 0.1) is 10.9 Å². The SMILES string of the molecule is Cc1ccc(C(=O)Oc2ccc3c(=O)c(Oc4ccc(C(C)(C)C)cc4)c(C(F)(F)F)oc3c2)cc1. The van der Waals surface area contributed by atoms with Crippen molar-refractivity contribution >= 4 is 16.9 Å². The van der Waals surface area contributed by atoms with Gasteiger partial charge in [-0.05, 0) is 54.3 Å². The monoisotopic (exact) mass is 496 g/mol. The highest BCUT2D eigenvalue weighted by atomic mass is 19.4. The predicted molar refractivity (Wildman–Crippen MR) is 129 cm³/mol. The minimum atomic E-state index is -5.01. The van der Waals surface area contributed by atoms with Crippen LogP contribution in [-0.2, 0) is 11.6 Å². The van der Waals surface area contributed by atoms with E-state index in [2.05, 4.69) is 0 Å². The second-order valence-electron chi connectivity index (χ2n) is 9.38. The summed E-state index contributed by atoms with van der Waals surface area (Å²) >= 11 is 0. The van der Waals surface area contributed by atoms with Gasteiger partial charge in [0.2, 0.25) is 11.2 Å². The van der Waals surface area contributed by atoms with Crippen molar-refractivity contribution in [1.29, 1.82) is 0 Å². The van der Waals surface area contributed by atoms with E-state index in [0.717, 1.165) is 17.2 Å². The van der Waals surface area contributed by atoms with E-state index in [1.807, 2.05) is 27.7 Å². The van der Waals surface area contributed by atoms with Crippen molar-refractivity contribution in [3.63, 3.8) is 0 Å². The molecule has 0 saturated carbocycles. The molecule has 4 aromatic rings. The Hall–Kier alpha value is -4.07. The van der Waals surface area contributed by atoms with E-state index >= 15 is 0 Å². The molecule has 0 spiro atoms. The fraction of sp³-hybridized carbons (Fsp3) is 0.214. The van der Waals surface area contributed by atoms with Crippen molar-refractivity contribution in [2.24, 2.45) is 0 Å². The molecule has 0 saturated heterocycles. The number of hydrogen-bond acceptors (Lipinski definition) is 5. The molecule has 1 aromatic heterocycles.